The van der Waals surface area contributed by atoms with Crippen molar-refractivity contribution in [3.8, 4) is 0 Å². The Morgan fingerprint density at radius 2 is 1.58 bits per heavy atom. The second-order valence-corrected chi connectivity index (χ2v) is 6.21. The Bertz CT molecular complexity index is 267. The molecular formula is C15H29ClN2O. The van der Waals surface area contributed by atoms with E-state index in [0.717, 1.165) is 38.8 Å². The molecule has 0 aromatic rings. The van der Waals surface area contributed by atoms with Gasteiger partial charge in [0.05, 0.1) is 0 Å². The minimum atomic E-state index is 0. The third-order valence-corrected chi connectivity index (χ3v) is 4.80. The van der Waals surface area contributed by atoms with Gasteiger partial charge in [-0.25, -0.2) is 0 Å². The Hall–Kier alpha value is -0.280. The van der Waals surface area contributed by atoms with E-state index in [0.29, 0.717) is 17.7 Å². The molecule has 2 N–H and O–H groups in total. The van der Waals surface area contributed by atoms with Gasteiger partial charge in [0, 0.05) is 25.0 Å². The first-order valence-corrected chi connectivity index (χ1v) is 7.73. The molecule has 0 aromatic heterocycles. The molecule has 1 unspecified atom stereocenters. The fraction of sp³-hybridized carbons (Fsp3) is 0.933. The number of amides is 1. The number of carbonyl (C=O) groups is 1. The summed E-state index contributed by atoms with van der Waals surface area (Å²) >= 11 is 0. The van der Waals surface area contributed by atoms with Gasteiger partial charge in [0.1, 0.15) is 0 Å². The van der Waals surface area contributed by atoms with Crippen LogP contribution in [0.25, 0.3) is 0 Å². The standard InChI is InChI=1S/C15H28N2O.ClH/c1-12(16)13-8-10-17(11-9-13)15(18)14-6-4-2-3-5-7-14;/h12-14H,2-11,16H2,1H3;1H. The van der Waals surface area contributed by atoms with Crippen LogP contribution >= 0.6 is 12.4 Å². The lowest BCUT2D eigenvalue weighted by Gasteiger charge is -2.35. The van der Waals surface area contributed by atoms with Crippen molar-refractivity contribution in [1.29, 1.82) is 0 Å². The first kappa shape index (κ1) is 16.8. The summed E-state index contributed by atoms with van der Waals surface area (Å²) in [7, 11) is 0. The maximum Gasteiger partial charge on any atom is 0.225 e. The van der Waals surface area contributed by atoms with Crippen molar-refractivity contribution in [2.45, 2.75) is 64.3 Å². The largest absolute Gasteiger partial charge is 0.342 e. The normalized spacial score (nSPS) is 24.4. The van der Waals surface area contributed by atoms with Crippen molar-refractivity contribution >= 4 is 18.3 Å². The van der Waals surface area contributed by atoms with Crippen molar-refractivity contribution in [2.75, 3.05) is 13.1 Å². The van der Waals surface area contributed by atoms with Gasteiger partial charge in [0.2, 0.25) is 5.91 Å². The van der Waals surface area contributed by atoms with Gasteiger partial charge < -0.3 is 10.6 Å². The highest BCUT2D eigenvalue weighted by molar-refractivity contribution is 5.85. The zero-order valence-electron chi connectivity index (χ0n) is 12.1. The van der Waals surface area contributed by atoms with Crippen LogP contribution in [0.5, 0.6) is 0 Å². The highest BCUT2D eigenvalue weighted by Crippen LogP contribution is 2.27. The van der Waals surface area contributed by atoms with Crippen LogP contribution in [0, 0.1) is 11.8 Å². The highest BCUT2D eigenvalue weighted by atomic mass is 35.5. The van der Waals surface area contributed by atoms with Crippen molar-refractivity contribution in [1.82, 2.24) is 4.90 Å². The molecule has 1 aliphatic carbocycles. The molecule has 0 bridgehead atoms. The molecule has 0 radical (unpaired) electrons. The Morgan fingerprint density at radius 1 is 1.05 bits per heavy atom. The van der Waals surface area contributed by atoms with Crippen LogP contribution in [0.3, 0.4) is 0 Å². The van der Waals surface area contributed by atoms with Crippen molar-refractivity contribution in [3.63, 3.8) is 0 Å². The van der Waals surface area contributed by atoms with Gasteiger partial charge in [-0.05, 0) is 38.5 Å². The lowest BCUT2D eigenvalue weighted by molar-refractivity contribution is -0.137. The van der Waals surface area contributed by atoms with Crippen LogP contribution in [0.2, 0.25) is 0 Å². The van der Waals surface area contributed by atoms with Crippen LogP contribution in [-0.2, 0) is 4.79 Å². The molecule has 1 atom stereocenters. The van der Waals surface area contributed by atoms with Gasteiger partial charge in [0.25, 0.3) is 0 Å². The summed E-state index contributed by atoms with van der Waals surface area (Å²) < 4.78 is 0. The van der Waals surface area contributed by atoms with E-state index in [9.17, 15) is 4.79 Å². The van der Waals surface area contributed by atoms with Gasteiger partial charge in [-0.2, -0.15) is 0 Å². The van der Waals surface area contributed by atoms with Gasteiger partial charge in [-0.1, -0.05) is 25.7 Å². The summed E-state index contributed by atoms with van der Waals surface area (Å²) in [5.41, 5.74) is 5.95. The third-order valence-electron chi connectivity index (χ3n) is 4.80. The smallest absolute Gasteiger partial charge is 0.225 e. The van der Waals surface area contributed by atoms with E-state index in [2.05, 4.69) is 11.8 Å². The van der Waals surface area contributed by atoms with Crippen molar-refractivity contribution in [3.05, 3.63) is 0 Å². The monoisotopic (exact) mass is 288 g/mol. The number of piperidine rings is 1. The van der Waals surface area contributed by atoms with Crippen LogP contribution in [0.15, 0.2) is 0 Å². The topological polar surface area (TPSA) is 46.3 Å². The quantitative estimate of drug-likeness (QED) is 0.794. The predicted octanol–water partition coefficient (Wildman–Crippen LogP) is 2.96. The molecular weight excluding hydrogens is 260 g/mol. The number of hydrogen-bond donors (Lipinski definition) is 1. The first-order chi connectivity index (χ1) is 8.68. The minimum Gasteiger partial charge on any atom is -0.342 e. The van der Waals surface area contributed by atoms with Gasteiger partial charge in [0.15, 0.2) is 0 Å². The summed E-state index contributed by atoms with van der Waals surface area (Å²) in [6.07, 6.45) is 9.54. The molecule has 1 amide bonds. The molecule has 4 heteroatoms. The maximum atomic E-state index is 12.5. The Morgan fingerprint density at radius 3 is 2.05 bits per heavy atom. The molecule has 2 fully saturated rings. The number of hydrogen-bond acceptors (Lipinski definition) is 2. The summed E-state index contributed by atoms with van der Waals surface area (Å²) in [6.45, 7) is 3.95. The van der Waals surface area contributed by atoms with Crippen molar-refractivity contribution < 1.29 is 4.79 Å². The molecule has 112 valence electrons. The average molecular weight is 289 g/mol. The third kappa shape index (κ3) is 4.64. The van der Waals surface area contributed by atoms with Gasteiger partial charge in [-0.3, -0.25) is 4.79 Å². The molecule has 1 saturated carbocycles. The number of carbonyl (C=O) groups excluding carboxylic acids is 1. The van der Waals surface area contributed by atoms with Crippen LogP contribution < -0.4 is 5.73 Å². The lowest BCUT2D eigenvalue weighted by atomic mass is 9.89. The SMILES string of the molecule is CC(N)C1CCN(C(=O)C2CCCCCC2)CC1.Cl. The number of rotatable bonds is 2. The lowest BCUT2D eigenvalue weighted by Crippen LogP contribution is -2.44. The Labute approximate surface area is 123 Å². The molecule has 1 aliphatic heterocycles. The van der Waals surface area contributed by atoms with Gasteiger partial charge >= 0.3 is 0 Å². The first-order valence-electron chi connectivity index (χ1n) is 7.73. The van der Waals surface area contributed by atoms with E-state index in [1.807, 2.05) is 0 Å². The van der Waals surface area contributed by atoms with E-state index in [4.69, 9.17) is 5.73 Å². The zero-order chi connectivity index (χ0) is 13.0. The number of halogens is 1. The molecule has 19 heavy (non-hydrogen) atoms. The number of nitrogens with two attached hydrogens (primary N) is 1. The van der Waals surface area contributed by atoms with Crippen LogP contribution in [0.4, 0.5) is 0 Å². The van der Waals surface area contributed by atoms with Gasteiger partial charge in [-0.15, -0.1) is 12.4 Å². The van der Waals surface area contributed by atoms with Crippen LogP contribution in [-0.4, -0.2) is 29.9 Å². The predicted molar refractivity (Wildman–Crippen MR) is 81.4 cm³/mol. The molecule has 1 heterocycles. The minimum absolute atomic E-state index is 0. The molecule has 1 saturated heterocycles. The average Bonchev–Trinajstić information content (AvgIpc) is 2.67. The second kappa shape index (κ2) is 8.11. The Kier molecular flexibility index (Phi) is 7.16. The van der Waals surface area contributed by atoms with Crippen LogP contribution in [0.1, 0.15) is 58.3 Å². The van der Waals surface area contributed by atoms with E-state index in [1.165, 1.54) is 25.7 Å². The molecule has 0 spiro atoms. The van der Waals surface area contributed by atoms with Crippen molar-refractivity contribution in [2.24, 2.45) is 17.6 Å². The summed E-state index contributed by atoms with van der Waals surface area (Å²) in [5.74, 6) is 1.36. The molecule has 3 nitrogen and oxygen atoms in total. The molecule has 2 aliphatic rings. The number of nitrogens with zero attached hydrogens (tertiary/aromatic N) is 1. The summed E-state index contributed by atoms with van der Waals surface area (Å²) in [6, 6.07) is 0.278. The zero-order valence-corrected chi connectivity index (χ0v) is 13.0. The van der Waals surface area contributed by atoms with E-state index in [1.54, 1.807) is 0 Å². The Balaban J connectivity index is 0.00000180. The highest BCUT2D eigenvalue weighted by Gasteiger charge is 2.29. The van der Waals surface area contributed by atoms with E-state index < -0.39 is 0 Å². The van der Waals surface area contributed by atoms with E-state index >= 15 is 0 Å². The molecule has 0 aromatic carbocycles. The second-order valence-electron chi connectivity index (χ2n) is 6.21. The maximum absolute atomic E-state index is 12.5. The fourth-order valence-corrected chi connectivity index (χ4v) is 3.43. The van der Waals surface area contributed by atoms with E-state index in [-0.39, 0.29) is 18.4 Å². The number of likely N-dealkylation sites (tertiary alicyclic amines) is 1. The molecule has 2 rings (SSSR count). The summed E-state index contributed by atoms with van der Waals surface area (Å²) in [5, 5.41) is 0. The fourth-order valence-electron chi connectivity index (χ4n) is 3.43. The summed E-state index contributed by atoms with van der Waals surface area (Å²) in [4.78, 5) is 14.6.